The lowest BCUT2D eigenvalue weighted by molar-refractivity contribution is -0.135. The molecule has 0 aromatic carbocycles. The number of aromatic nitrogens is 3. The standard InChI is InChI=1S/C16H20N4O3S/c1-15(2)9-3-5-16(15,6-4-9)13(21)17-7-11-18-10(8-24-11)12-19-14(22)23-20-12/h8-9H,3-7H2,1-2H3,(H,17,21)(H,19,20,22). The molecule has 0 unspecified atom stereocenters. The minimum absolute atomic E-state index is 0.0747. The lowest BCUT2D eigenvalue weighted by Gasteiger charge is -2.36. The maximum Gasteiger partial charge on any atom is 0.439 e. The highest BCUT2D eigenvalue weighted by Gasteiger charge is 2.62. The van der Waals surface area contributed by atoms with E-state index in [1.165, 1.54) is 11.3 Å². The van der Waals surface area contributed by atoms with Crippen LogP contribution < -0.4 is 11.1 Å². The van der Waals surface area contributed by atoms with Gasteiger partial charge in [0.05, 0.1) is 12.0 Å². The predicted octanol–water partition coefficient (Wildman–Crippen LogP) is 2.32. The fraction of sp³-hybridized carbons (Fsp3) is 0.625. The molecule has 2 aromatic heterocycles. The summed E-state index contributed by atoms with van der Waals surface area (Å²) in [6.07, 6.45) is 4.28. The van der Waals surface area contributed by atoms with Crippen molar-refractivity contribution in [2.24, 2.45) is 16.7 Å². The number of nitrogens with zero attached hydrogens (tertiary/aromatic N) is 2. The van der Waals surface area contributed by atoms with Gasteiger partial charge in [-0.1, -0.05) is 19.0 Å². The highest BCUT2D eigenvalue weighted by Crippen LogP contribution is 2.65. The summed E-state index contributed by atoms with van der Waals surface area (Å²) in [5.41, 5.74) is 0.399. The van der Waals surface area contributed by atoms with Crippen LogP contribution in [0.2, 0.25) is 0 Å². The molecule has 8 heteroatoms. The van der Waals surface area contributed by atoms with E-state index in [2.05, 4.69) is 38.8 Å². The van der Waals surface area contributed by atoms with E-state index in [0.717, 1.165) is 30.7 Å². The molecular formula is C16H20N4O3S. The number of fused-ring (bicyclic) bond motifs is 2. The van der Waals surface area contributed by atoms with Crippen LogP contribution in [0.25, 0.3) is 11.5 Å². The first-order valence-electron chi connectivity index (χ1n) is 8.21. The Morgan fingerprint density at radius 2 is 2.21 bits per heavy atom. The molecule has 24 heavy (non-hydrogen) atoms. The summed E-state index contributed by atoms with van der Waals surface area (Å²) in [5, 5.41) is 9.27. The van der Waals surface area contributed by atoms with Gasteiger partial charge in [0.2, 0.25) is 11.7 Å². The molecule has 2 heterocycles. The maximum absolute atomic E-state index is 12.9. The number of carbonyl (C=O) groups excluding carboxylic acids is 1. The lowest BCUT2D eigenvalue weighted by atomic mass is 9.69. The van der Waals surface area contributed by atoms with Gasteiger partial charge in [-0.3, -0.25) is 14.3 Å². The fourth-order valence-corrected chi connectivity index (χ4v) is 5.27. The molecule has 2 fully saturated rings. The van der Waals surface area contributed by atoms with Crippen molar-refractivity contribution in [1.82, 2.24) is 20.4 Å². The molecule has 2 bridgehead atoms. The maximum atomic E-state index is 12.9. The van der Waals surface area contributed by atoms with E-state index in [4.69, 9.17) is 0 Å². The Morgan fingerprint density at radius 1 is 1.46 bits per heavy atom. The summed E-state index contributed by atoms with van der Waals surface area (Å²) in [6, 6.07) is 0. The summed E-state index contributed by atoms with van der Waals surface area (Å²) in [6.45, 7) is 4.87. The minimum Gasteiger partial charge on any atom is -0.349 e. The van der Waals surface area contributed by atoms with E-state index in [1.54, 1.807) is 5.38 Å². The van der Waals surface area contributed by atoms with Crippen LogP contribution in [-0.4, -0.2) is 21.0 Å². The van der Waals surface area contributed by atoms with E-state index in [0.29, 0.717) is 24.0 Å². The van der Waals surface area contributed by atoms with E-state index >= 15 is 0 Å². The molecule has 0 atom stereocenters. The Kier molecular flexibility index (Phi) is 3.42. The Hall–Kier alpha value is -1.96. The van der Waals surface area contributed by atoms with Crippen molar-refractivity contribution < 1.29 is 9.32 Å². The zero-order valence-electron chi connectivity index (χ0n) is 13.7. The largest absolute Gasteiger partial charge is 0.439 e. The molecule has 0 spiro atoms. The molecule has 4 rings (SSSR count). The number of aromatic amines is 1. The lowest BCUT2D eigenvalue weighted by Crippen LogP contribution is -2.45. The average Bonchev–Trinajstić information content (AvgIpc) is 3.29. The van der Waals surface area contributed by atoms with Crippen molar-refractivity contribution in [3.05, 3.63) is 20.9 Å². The summed E-state index contributed by atoms with van der Waals surface area (Å²) in [5.74, 6) is 0.520. The number of hydrogen-bond donors (Lipinski definition) is 2. The molecule has 128 valence electrons. The van der Waals surface area contributed by atoms with Gasteiger partial charge in [0.15, 0.2) is 0 Å². The predicted molar refractivity (Wildman–Crippen MR) is 88.3 cm³/mol. The van der Waals surface area contributed by atoms with Crippen LogP contribution >= 0.6 is 11.3 Å². The molecule has 0 saturated heterocycles. The number of carbonyl (C=O) groups is 1. The van der Waals surface area contributed by atoms with Crippen LogP contribution in [0.5, 0.6) is 0 Å². The van der Waals surface area contributed by atoms with Gasteiger partial charge in [0, 0.05) is 5.38 Å². The Balaban J connectivity index is 1.45. The molecule has 0 aliphatic heterocycles. The molecule has 2 aromatic rings. The van der Waals surface area contributed by atoms with Gasteiger partial charge < -0.3 is 5.32 Å². The van der Waals surface area contributed by atoms with Crippen LogP contribution in [0, 0.1) is 16.7 Å². The average molecular weight is 348 g/mol. The third-order valence-electron chi connectivity index (χ3n) is 6.16. The number of nitrogens with one attached hydrogen (secondary N) is 2. The van der Waals surface area contributed by atoms with Crippen molar-refractivity contribution in [3.63, 3.8) is 0 Å². The van der Waals surface area contributed by atoms with Crippen molar-refractivity contribution in [2.45, 2.75) is 46.1 Å². The third-order valence-corrected chi connectivity index (χ3v) is 7.01. The van der Waals surface area contributed by atoms with E-state index in [-0.39, 0.29) is 16.7 Å². The summed E-state index contributed by atoms with van der Waals surface area (Å²) in [4.78, 5) is 30.8. The molecule has 2 N–H and O–H groups in total. The van der Waals surface area contributed by atoms with Crippen LogP contribution in [0.3, 0.4) is 0 Å². The van der Waals surface area contributed by atoms with Crippen LogP contribution in [0.4, 0.5) is 0 Å². The highest BCUT2D eigenvalue weighted by molar-refractivity contribution is 7.09. The smallest absolute Gasteiger partial charge is 0.349 e. The number of hydrogen-bond acceptors (Lipinski definition) is 6. The van der Waals surface area contributed by atoms with E-state index < -0.39 is 5.76 Å². The van der Waals surface area contributed by atoms with Crippen LogP contribution in [-0.2, 0) is 11.3 Å². The van der Waals surface area contributed by atoms with Gasteiger partial charge in [-0.15, -0.1) is 11.3 Å². The Bertz CT molecular complexity index is 826. The normalized spacial score (nSPS) is 27.5. The van der Waals surface area contributed by atoms with Gasteiger partial charge in [-0.25, -0.2) is 9.78 Å². The Morgan fingerprint density at radius 3 is 2.79 bits per heavy atom. The summed E-state index contributed by atoms with van der Waals surface area (Å²) < 4.78 is 4.48. The van der Waals surface area contributed by atoms with Crippen LogP contribution in [0.1, 0.15) is 44.5 Å². The second kappa shape index (κ2) is 5.27. The van der Waals surface area contributed by atoms with Gasteiger partial charge in [-0.05, 0) is 37.0 Å². The number of rotatable bonds is 4. The molecule has 2 saturated carbocycles. The summed E-state index contributed by atoms with van der Waals surface area (Å²) >= 11 is 1.43. The van der Waals surface area contributed by atoms with Crippen molar-refractivity contribution in [1.29, 1.82) is 0 Å². The zero-order valence-corrected chi connectivity index (χ0v) is 14.5. The fourth-order valence-electron chi connectivity index (χ4n) is 4.55. The van der Waals surface area contributed by atoms with Gasteiger partial charge in [0.1, 0.15) is 10.7 Å². The van der Waals surface area contributed by atoms with Crippen molar-refractivity contribution in [2.75, 3.05) is 0 Å². The van der Waals surface area contributed by atoms with Gasteiger partial charge in [-0.2, -0.15) is 0 Å². The molecule has 1 amide bonds. The first-order chi connectivity index (χ1) is 11.4. The number of amides is 1. The van der Waals surface area contributed by atoms with Gasteiger partial charge >= 0.3 is 5.76 Å². The molecule has 2 aliphatic rings. The Labute approximate surface area is 142 Å². The third kappa shape index (κ3) is 2.16. The molecule has 2 aliphatic carbocycles. The topological polar surface area (TPSA) is 101 Å². The first-order valence-corrected chi connectivity index (χ1v) is 9.09. The first kappa shape index (κ1) is 15.6. The van der Waals surface area contributed by atoms with Crippen molar-refractivity contribution in [3.8, 4) is 11.5 Å². The highest BCUT2D eigenvalue weighted by atomic mass is 32.1. The van der Waals surface area contributed by atoms with E-state index in [1.807, 2.05) is 0 Å². The quantitative estimate of drug-likeness (QED) is 0.883. The van der Waals surface area contributed by atoms with E-state index in [9.17, 15) is 9.59 Å². The molecular weight excluding hydrogens is 328 g/mol. The number of thiazole rings is 1. The number of H-pyrrole nitrogens is 1. The van der Waals surface area contributed by atoms with Crippen molar-refractivity contribution >= 4 is 17.2 Å². The summed E-state index contributed by atoms with van der Waals surface area (Å²) in [7, 11) is 0. The molecule has 7 nitrogen and oxygen atoms in total. The van der Waals surface area contributed by atoms with Gasteiger partial charge in [0.25, 0.3) is 0 Å². The second-order valence-electron chi connectivity index (χ2n) is 7.33. The monoisotopic (exact) mass is 348 g/mol. The SMILES string of the molecule is CC1(C)C2CCC1(C(=O)NCc1nc(-c3noc(=O)[nH]3)cs1)CC2. The second-order valence-corrected chi connectivity index (χ2v) is 8.27. The zero-order chi connectivity index (χ0) is 16.9. The minimum atomic E-state index is -0.605. The molecule has 0 radical (unpaired) electrons. The van der Waals surface area contributed by atoms with Crippen LogP contribution in [0.15, 0.2) is 14.7 Å².